The molecule has 0 amide bonds. The van der Waals surface area contributed by atoms with Crippen LogP contribution in [0.5, 0.6) is 23.0 Å². The minimum absolute atomic E-state index is 0.254. The molecule has 0 unspecified atom stereocenters. The lowest BCUT2D eigenvalue weighted by Crippen LogP contribution is -2.17. The van der Waals surface area contributed by atoms with Crippen molar-refractivity contribution in [2.24, 2.45) is 4.99 Å². The average Bonchev–Trinajstić information content (AvgIpc) is 3.47. The van der Waals surface area contributed by atoms with E-state index in [1.165, 1.54) is 0 Å². The summed E-state index contributed by atoms with van der Waals surface area (Å²) in [6.07, 6.45) is 0. The summed E-state index contributed by atoms with van der Waals surface area (Å²) in [6, 6.07) is 18.1. The molecule has 1 aliphatic rings. The predicted octanol–water partition coefficient (Wildman–Crippen LogP) is 5.86. The Morgan fingerprint density at radius 3 is 2.50 bits per heavy atom. The second-order valence-electron chi connectivity index (χ2n) is 8.10. The Labute approximate surface area is 202 Å². The smallest absolute Gasteiger partial charge is 0.231 e. The second kappa shape index (κ2) is 9.27. The topological polar surface area (TPSA) is 54.2 Å². The molecule has 0 saturated heterocycles. The highest BCUT2D eigenvalue weighted by Crippen LogP contribution is 2.36. The van der Waals surface area contributed by atoms with Gasteiger partial charge in [-0.2, -0.15) is 0 Å². The Balaban J connectivity index is 1.70. The number of aryl methyl sites for hydroxylation is 2. The van der Waals surface area contributed by atoms with Gasteiger partial charge in [-0.25, -0.2) is 4.99 Å². The van der Waals surface area contributed by atoms with Crippen molar-refractivity contribution >= 4 is 17.0 Å². The van der Waals surface area contributed by atoms with E-state index in [2.05, 4.69) is 48.1 Å². The molecule has 1 aliphatic heterocycles. The molecule has 0 atom stereocenters. The fourth-order valence-electron chi connectivity index (χ4n) is 4.10. The van der Waals surface area contributed by atoms with Crippen LogP contribution in [0.4, 0.5) is 5.69 Å². The summed E-state index contributed by atoms with van der Waals surface area (Å²) in [6.45, 7) is 5.05. The molecule has 5 rings (SSSR count). The Hall–Kier alpha value is -3.71. The van der Waals surface area contributed by atoms with Crippen LogP contribution in [0, 0.1) is 13.8 Å². The van der Waals surface area contributed by atoms with Gasteiger partial charge >= 0.3 is 0 Å². The number of ether oxygens (including phenoxy) is 4. The van der Waals surface area contributed by atoms with Gasteiger partial charge in [-0.3, -0.25) is 0 Å². The van der Waals surface area contributed by atoms with E-state index >= 15 is 0 Å². The molecule has 1 aromatic heterocycles. The standard InChI is InChI=1S/C27H26N2O4S/c1-17-6-5-7-18(2)26(17)28-27-29(14-19-8-10-24-25(12-19)33-16-32-24)22(15-34-27)21-13-20(30-3)9-11-23(21)31-4/h5-13,15H,14,16H2,1-4H3. The van der Waals surface area contributed by atoms with Gasteiger partial charge in [0.15, 0.2) is 16.3 Å². The average molecular weight is 475 g/mol. The van der Waals surface area contributed by atoms with Crippen LogP contribution in [0.2, 0.25) is 0 Å². The molecule has 0 bridgehead atoms. The van der Waals surface area contributed by atoms with Crippen molar-refractivity contribution in [1.82, 2.24) is 4.57 Å². The first-order valence-corrected chi connectivity index (χ1v) is 11.9. The lowest BCUT2D eigenvalue weighted by atomic mass is 10.1. The van der Waals surface area contributed by atoms with Gasteiger partial charge in [-0.1, -0.05) is 24.3 Å². The highest BCUT2D eigenvalue weighted by molar-refractivity contribution is 7.07. The first-order valence-electron chi connectivity index (χ1n) is 11.0. The molecule has 2 heterocycles. The van der Waals surface area contributed by atoms with Crippen LogP contribution in [0.1, 0.15) is 16.7 Å². The van der Waals surface area contributed by atoms with Crippen molar-refractivity contribution in [2.75, 3.05) is 21.0 Å². The molecule has 0 fully saturated rings. The molecule has 7 heteroatoms. The fourth-order valence-corrected chi connectivity index (χ4v) is 5.01. The summed E-state index contributed by atoms with van der Waals surface area (Å²) in [5, 5.41) is 2.12. The molecular weight excluding hydrogens is 448 g/mol. The minimum atomic E-state index is 0.254. The largest absolute Gasteiger partial charge is 0.497 e. The third-order valence-corrected chi connectivity index (χ3v) is 6.77. The monoisotopic (exact) mass is 474 g/mol. The number of hydrogen-bond acceptors (Lipinski definition) is 6. The van der Waals surface area contributed by atoms with E-state index in [4.69, 9.17) is 23.9 Å². The third-order valence-electron chi connectivity index (χ3n) is 5.90. The number of hydrogen-bond donors (Lipinski definition) is 0. The van der Waals surface area contributed by atoms with Crippen molar-refractivity contribution in [1.29, 1.82) is 0 Å². The van der Waals surface area contributed by atoms with Gasteiger partial charge in [0, 0.05) is 10.9 Å². The summed E-state index contributed by atoms with van der Waals surface area (Å²) >= 11 is 1.60. The maximum atomic E-state index is 5.70. The zero-order valence-corrected chi connectivity index (χ0v) is 20.4. The molecule has 3 aromatic carbocycles. The molecule has 0 saturated carbocycles. The quantitative estimate of drug-likeness (QED) is 0.351. The van der Waals surface area contributed by atoms with Gasteiger partial charge in [-0.05, 0) is 60.9 Å². The Morgan fingerprint density at radius 2 is 1.74 bits per heavy atom. The molecule has 0 N–H and O–H groups in total. The van der Waals surface area contributed by atoms with E-state index in [9.17, 15) is 0 Å². The number of methoxy groups -OCH3 is 2. The minimum Gasteiger partial charge on any atom is -0.497 e. The summed E-state index contributed by atoms with van der Waals surface area (Å²) in [5.74, 6) is 3.08. The maximum absolute atomic E-state index is 5.70. The molecule has 174 valence electrons. The molecule has 0 radical (unpaired) electrons. The van der Waals surface area contributed by atoms with Crippen molar-refractivity contribution in [3.05, 3.63) is 81.5 Å². The third kappa shape index (κ3) is 4.15. The normalized spacial score (nSPS) is 12.8. The number of para-hydroxylation sites is 1. The van der Waals surface area contributed by atoms with Crippen LogP contribution < -0.4 is 23.7 Å². The number of nitrogens with zero attached hydrogens (tertiary/aromatic N) is 2. The molecular formula is C27H26N2O4S. The van der Waals surface area contributed by atoms with Crippen LogP contribution in [0.15, 0.2) is 65.0 Å². The number of thiazole rings is 1. The molecule has 6 nitrogen and oxygen atoms in total. The predicted molar refractivity (Wildman–Crippen MR) is 134 cm³/mol. The van der Waals surface area contributed by atoms with Crippen LogP contribution >= 0.6 is 11.3 Å². The SMILES string of the molecule is COc1ccc(OC)c(-c2csc(=Nc3c(C)cccc3C)n2Cc2ccc3c(c2)OCO3)c1. The Kier molecular flexibility index (Phi) is 6.02. The number of fused-ring (bicyclic) bond motifs is 1. The summed E-state index contributed by atoms with van der Waals surface area (Å²) in [4.78, 5) is 6.00. The van der Waals surface area contributed by atoms with Gasteiger partial charge in [-0.15, -0.1) is 11.3 Å². The van der Waals surface area contributed by atoms with Crippen LogP contribution in [-0.4, -0.2) is 25.6 Å². The van der Waals surface area contributed by atoms with Crippen molar-refractivity contribution in [2.45, 2.75) is 20.4 Å². The van der Waals surface area contributed by atoms with Crippen LogP contribution in [-0.2, 0) is 6.54 Å². The van der Waals surface area contributed by atoms with Gasteiger partial charge in [0.25, 0.3) is 0 Å². The van der Waals surface area contributed by atoms with E-state index in [-0.39, 0.29) is 6.79 Å². The van der Waals surface area contributed by atoms with E-state index in [1.54, 1.807) is 25.6 Å². The van der Waals surface area contributed by atoms with Gasteiger partial charge in [0.2, 0.25) is 6.79 Å². The highest BCUT2D eigenvalue weighted by Gasteiger charge is 2.17. The number of benzene rings is 3. The second-order valence-corrected chi connectivity index (χ2v) is 8.93. The summed E-state index contributed by atoms with van der Waals surface area (Å²) < 4.78 is 24.5. The Morgan fingerprint density at radius 1 is 0.941 bits per heavy atom. The van der Waals surface area contributed by atoms with Crippen molar-refractivity contribution in [3.63, 3.8) is 0 Å². The molecule has 0 aliphatic carbocycles. The van der Waals surface area contributed by atoms with E-state index < -0.39 is 0 Å². The summed E-state index contributed by atoms with van der Waals surface area (Å²) in [7, 11) is 3.35. The zero-order chi connectivity index (χ0) is 23.7. The van der Waals surface area contributed by atoms with Gasteiger partial charge in [0.05, 0.1) is 32.1 Å². The van der Waals surface area contributed by atoms with Crippen molar-refractivity contribution < 1.29 is 18.9 Å². The van der Waals surface area contributed by atoms with Gasteiger partial charge < -0.3 is 23.5 Å². The van der Waals surface area contributed by atoms with Gasteiger partial charge in [0.1, 0.15) is 11.5 Å². The lowest BCUT2D eigenvalue weighted by molar-refractivity contribution is 0.174. The summed E-state index contributed by atoms with van der Waals surface area (Å²) in [5.41, 5.74) is 6.32. The van der Waals surface area contributed by atoms with Crippen molar-refractivity contribution in [3.8, 4) is 34.3 Å². The number of aromatic nitrogens is 1. The van der Waals surface area contributed by atoms with Crippen LogP contribution in [0.3, 0.4) is 0 Å². The molecule has 34 heavy (non-hydrogen) atoms. The Bertz CT molecular complexity index is 1400. The van der Waals surface area contributed by atoms with E-state index in [1.807, 2.05) is 30.3 Å². The zero-order valence-electron chi connectivity index (χ0n) is 19.6. The first-order chi connectivity index (χ1) is 16.6. The van der Waals surface area contributed by atoms with E-state index in [0.29, 0.717) is 6.54 Å². The van der Waals surface area contributed by atoms with E-state index in [0.717, 1.165) is 61.4 Å². The first kappa shape index (κ1) is 22.1. The fraction of sp³-hybridized carbons (Fsp3) is 0.222. The number of rotatable bonds is 6. The highest BCUT2D eigenvalue weighted by atomic mass is 32.1. The molecule has 4 aromatic rings. The molecule has 0 spiro atoms. The van der Waals surface area contributed by atoms with Crippen LogP contribution in [0.25, 0.3) is 11.3 Å². The maximum Gasteiger partial charge on any atom is 0.231 e. The lowest BCUT2D eigenvalue weighted by Gasteiger charge is -2.14.